The Morgan fingerprint density at radius 2 is 2.10 bits per heavy atom. The second-order valence-electron chi connectivity index (χ2n) is 5.82. The lowest BCUT2D eigenvalue weighted by molar-refractivity contribution is 0.345. The van der Waals surface area contributed by atoms with Crippen LogP contribution in [0.1, 0.15) is 38.4 Å². The summed E-state index contributed by atoms with van der Waals surface area (Å²) in [5, 5.41) is 4.42. The van der Waals surface area contributed by atoms with Crippen LogP contribution >= 0.6 is 0 Å². The zero-order valence-electron chi connectivity index (χ0n) is 13.4. The Hall–Kier alpha value is -1.11. The van der Waals surface area contributed by atoms with Gasteiger partial charge in [0.1, 0.15) is 0 Å². The molecule has 0 radical (unpaired) electrons. The van der Waals surface area contributed by atoms with Crippen molar-refractivity contribution in [1.82, 2.24) is 20.1 Å². The molecule has 6 heteroatoms. The maximum atomic E-state index is 5.74. The fraction of sp³-hybridized carbons (Fsp3) is 0.786. The van der Waals surface area contributed by atoms with Gasteiger partial charge in [-0.2, -0.15) is 5.10 Å². The van der Waals surface area contributed by atoms with Crippen molar-refractivity contribution < 1.29 is 4.74 Å². The predicted octanol–water partition coefficient (Wildman–Crippen LogP) is 1.39. The van der Waals surface area contributed by atoms with Crippen LogP contribution in [0.4, 0.5) is 0 Å². The topological polar surface area (TPSA) is 68.3 Å². The minimum absolute atomic E-state index is 0.0667. The van der Waals surface area contributed by atoms with Crippen LogP contribution in [0.2, 0.25) is 0 Å². The Bertz CT molecular complexity index is 389. The van der Waals surface area contributed by atoms with Gasteiger partial charge in [-0.05, 0) is 32.9 Å². The minimum atomic E-state index is 0.0667. The highest BCUT2D eigenvalue weighted by atomic mass is 16.5. The molecular formula is C14H29N5O. The Labute approximate surface area is 122 Å². The molecule has 0 aliphatic heterocycles. The number of ether oxygens (including phenoxy) is 1. The van der Waals surface area contributed by atoms with Crippen LogP contribution in [0.3, 0.4) is 0 Å². The maximum absolute atomic E-state index is 5.74. The van der Waals surface area contributed by atoms with Gasteiger partial charge >= 0.3 is 0 Å². The molecule has 1 aromatic rings. The molecule has 20 heavy (non-hydrogen) atoms. The first-order valence-electron chi connectivity index (χ1n) is 7.20. The summed E-state index contributed by atoms with van der Waals surface area (Å²) in [6, 6.07) is 0.0667. The minimum Gasteiger partial charge on any atom is -0.493 e. The third kappa shape index (κ3) is 4.77. The normalized spacial score (nSPS) is 13.2. The molecule has 0 bridgehead atoms. The predicted molar refractivity (Wildman–Crippen MR) is 81.5 cm³/mol. The van der Waals surface area contributed by atoms with E-state index in [4.69, 9.17) is 10.6 Å². The quantitative estimate of drug-likeness (QED) is 0.529. The molecule has 0 aliphatic carbocycles. The van der Waals surface area contributed by atoms with Crippen molar-refractivity contribution in [2.45, 2.75) is 39.3 Å². The van der Waals surface area contributed by atoms with Crippen molar-refractivity contribution in [2.75, 3.05) is 27.7 Å². The summed E-state index contributed by atoms with van der Waals surface area (Å²) >= 11 is 0. The average Bonchev–Trinajstić information content (AvgIpc) is 2.80. The van der Waals surface area contributed by atoms with E-state index in [0.29, 0.717) is 5.92 Å². The highest BCUT2D eigenvalue weighted by molar-refractivity contribution is 5.28. The van der Waals surface area contributed by atoms with Crippen LogP contribution in [-0.4, -0.2) is 42.4 Å². The molecule has 0 saturated heterocycles. The van der Waals surface area contributed by atoms with Crippen molar-refractivity contribution in [1.29, 1.82) is 0 Å². The van der Waals surface area contributed by atoms with E-state index in [1.807, 2.05) is 4.68 Å². The van der Waals surface area contributed by atoms with Crippen LogP contribution in [0, 0.1) is 5.92 Å². The second kappa shape index (κ2) is 8.24. The summed E-state index contributed by atoms with van der Waals surface area (Å²) in [4.78, 5) is 2.14. The fourth-order valence-corrected chi connectivity index (χ4v) is 2.16. The monoisotopic (exact) mass is 283 g/mol. The van der Waals surface area contributed by atoms with Gasteiger partial charge in [0.25, 0.3) is 0 Å². The third-order valence-corrected chi connectivity index (χ3v) is 3.39. The standard InChI is InChI=1S/C14H29N5O/c1-11(2)6-7-12(17-15)14-13(20-5)10-16-19(14)9-8-18(3)4/h10-12,17H,6-9,15H2,1-5H3. The first kappa shape index (κ1) is 16.9. The van der Waals surface area contributed by atoms with E-state index in [9.17, 15) is 0 Å². The Morgan fingerprint density at radius 1 is 1.40 bits per heavy atom. The number of likely N-dealkylation sites (N-methyl/N-ethyl adjacent to an activating group) is 1. The number of rotatable bonds is 9. The molecule has 0 spiro atoms. The number of nitrogens with one attached hydrogen (secondary N) is 1. The number of hydrazine groups is 1. The number of nitrogens with two attached hydrogens (primary N) is 1. The Morgan fingerprint density at radius 3 is 2.60 bits per heavy atom. The summed E-state index contributed by atoms with van der Waals surface area (Å²) in [6.45, 7) is 6.19. The fourth-order valence-electron chi connectivity index (χ4n) is 2.16. The van der Waals surface area contributed by atoms with E-state index >= 15 is 0 Å². The molecule has 0 aromatic carbocycles. The zero-order valence-corrected chi connectivity index (χ0v) is 13.4. The van der Waals surface area contributed by atoms with Crippen LogP contribution in [0.15, 0.2) is 6.20 Å². The van der Waals surface area contributed by atoms with Gasteiger partial charge in [0.15, 0.2) is 5.75 Å². The molecule has 1 atom stereocenters. The van der Waals surface area contributed by atoms with Gasteiger partial charge in [-0.25, -0.2) is 0 Å². The molecule has 1 heterocycles. The number of aromatic nitrogens is 2. The van der Waals surface area contributed by atoms with E-state index in [-0.39, 0.29) is 6.04 Å². The molecule has 1 unspecified atom stereocenters. The summed E-state index contributed by atoms with van der Waals surface area (Å²) in [7, 11) is 5.78. The lowest BCUT2D eigenvalue weighted by Gasteiger charge is -2.20. The van der Waals surface area contributed by atoms with Gasteiger partial charge in [-0.15, -0.1) is 0 Å². The van der Waals surface area contributed by atoms with E-state index in [0.717, 1.165) is 37.4 Å². The largest absolute Gasteiger partial charge is 0.493 e. The van der Waals surface area contributed by atoms with Crippen LogP contribution in [-0.2, 0) is 6.54 Å². The Kier molecular flexibility index (Phi) is 6.98. The van der Waals surface area contributed by atoms with Gasteiger partial charge in [0.2, 0.25) is 0 Å². The van der Waals surface area contributed by atoms with Crippen molar-refractivity contribution >= 4 is 0 Å². The highest BCUT2D eigenvalue weighted by Crippen LogP contribution is 2.28. The summed E-state index contributed by atoms with van der Waals surface area (Å²) in [5.74, 6) is 7.19. The number of hydrogen-bond donors (Lipinski definition) is 2. The lowest BCUT2D eigenvalue weighted by Crippen LogP contribution is -2.31. The second-order valence-corrected chi connectivity index (χ2v) is 5.82. The molecule has 0 amide bonds. The van der Waals surface area contributed by atoms with Crippen molar-refractivity contribution in [3.05, 3.63) is 11.9 Å². The molecular weight excluding hydrogens is 254 g/mol. The highest BCUT2D eigenvalue weighted by Gasteiger charge is 2.21. The van der Waals surface area contributed by atoms with Gasteiger partial charge < -0.3 is 9.64 Å². The van der Waals surface area contributed by atoms with Crippen LogP contribution in [0.25, 0.3) is 0 Å². The van der Waals surface area contributed by atoms with E-state index in [1.165, 1.54) is 0 Å². The number of nitrogens with zero attached hydrogens (tertiary/aromatic N) is 3. The van der Waals surface area contributed by atoms with Gasteiger partial charge in [-0.3, -0.25) is 16.0 Å². The summed E-state index contributed by atoms with van der Waals surface area (Å²) in [6.07, 6.45) is 3.85. The maximum Gasteiger partial charge on any atom is 0.161 e. The molecule has 1 aromatic heterocycles. The number of hydrogen-bond acceptors (Lipinski definition) is 5. The molecule has 3 N–H and O–H groups in total. The molecule has 0 fully saturated rings. The average molecular weight is 283 g/mol. The molecule has 0 saturated carbocycles. The lowest BCUT2D eigenvalue weighted by atomic mass is 10.0. The van der Waals surface area contributed by atoms with E-state index in [1.54, 1.807) is 13.3 Å². The van der Waals surface area contributed by atoms with E-state index < -0.39 is 0 Å². The van der Waals surface area contributed by atoms with Crippen LogP contribution in [0.5, 0.6) is 5.75 Å². The molecule has 1 rings (SSSR count). The molecule has 116 valence electrons. The van der Waals surface area contributed by atoms with Crippen molar-refractivity contribution in [3.8, 4) is 5.75 Å². The van der Waals surface area contributed by atoms with Crippen LogP contribution < -0.4 is 16.0 Å². The van der Waals surface area contributed by atoms with Gasteiger partial charge in [-0.1, -0.05) is 13.8 Å². The van der Waals surface area contributed by atoms with Gasteiger partial charge in [0, 0.05) is 6.54 Å². The molecule has 6 nitrogen and oxygen atoms in total. The van der Waals surface area contributed by atoms with Gasteiger partial charge in [0.05, 0.1) is 31.6 Å². The smallest absolute Gasteiger partial charge is 0.161 e. The third-order valence-electron chi connectivity index (χ3n) is 3.39. The first-order valence-corrected chi connectivity index (χ1v) is 7.20. The number of methoxy groups -OCH3 is 1. The zero-order chi connectivity index (χ0) is 15.1. The summed E-state index contributed by atoms with van der Waals surface area (Å²) < 4.78 is 7.42. The molecule has 0 aliphatic rings. The summed E-state index contributed by atoms with van der Waals surface area (Å²) in [5.41, 5.74) is 3.95. The SMILES string of the molecule is COc1cnn(CCN(C)C)c1C(CCC(C)C)NN. The van der Waals surface area contributed by atoms with E-state index in [2.05, 4.69) is 43.4 Å². The Balaban J connectivity index is 2.89. The van der Waals surface area contributed by atoms with Crippen molar-refractivity contribution in [3.63, 3.8) is 0 Å². The van der Waals surface area contributed by atoms with Crippen molar-refractivity contribution in [2.24, 2.45) is 11.8 Å². The first-order chi connectivity index (χ1) is 9.49.